The number of hydrogen-bond donors (Lipinski definition) is 2. The first-order chi connectivity index (χ1) is 6.52. The average Bonchev–Trinajstić information content (AvgIpc) is 2.17. The molecule has 3 heteroatoms. The summed E-state index contributed by atoms with van der Waals surface area (Å²) in [6.07, 6.45) is 4.01. The van der Waals surface area contributed by atoms with Gasteiger partial charge in [-0.2, -0.15) is 0 Å². The highest BCUT2D eigenvalue weighted by molar-refractivity contribution is 5.84. The van der Waals surface area contributed by atoms with E-state index in [4.69, 9.17) is 5.73 Å². The summed E-state index contributed by atoms with van der Waals surface area (Å²) in [4.78, 5) is 11.3. The molecule has 0 radical (unpaired) electrons. The minimum absolute atomic E-state index is 0.192. The van der Waals surface area contributed by atoms with Crippen molar-refractivity contribution in [2.45, 2.75) is 45.1 Å². The number of carbonyl (C=O) groups is 1. The first kappa shape index (κ1) is 11.5. The molecule has 1 rings (SSSR count). The van der Waals surface area contributed by atoms with Gasteiger partial charge in [-0.15, -0.1) is 0 Å². The highest BCUT2D eigenvalue weighted by atomic mass is 16.1. The molecule has 0 aromatic carbocycles. The Morgan fingerprint density at radius 3 is 2.21 bits per heavy atom. The Bertz CT molecular complexity index is 205. The molecule has 3 N–H and O–H groups in total. The van der Waals surface area contributed by atoms with Crippen LogP contribution in [0.5, 0.6) is 0 Å². The Morgan fingerprint density at radius 2 is 1.93 bits per heavy atom. The lowest BCUT2D eigenvalue weighted by Gasteiger charge is -2.38. The zero-order chi connectivity index (χ0) is 10.8. The number of carbonyl (C=O) groups excluding carboxylic acids is 1. The predicted octanol–water partition coefficient (Wildman–Crippen LogP) is 1.28. The molecular weight excluding hydrogens is 176 g/mol. The maximum atomic E-state index is 11.3. The monoisotopic (exact) mass is 198 g/mol. The van der Waals surface area contributed by atoms with Gasteiger partial charge in [-0.1, -0.05) is 13.8 Å². The third-order valence-electron chi connectivity index (χ3n) is 3.78. The molecule has 1 saturated carbocycles. The average molecular weight is 198 g/mol. The summed E-state index contributed by atoms with van der Waals surface area (Å²) in [6.45, 7) is 4.50. The molecule has 0 unspecified atom stereocenters. The minimum Gasteiger partial charge on any atom is -0.368 e. The predicted molar refractivity (Wildman–Crippen MR) is 57.8 cm³/mol. The summed E-state index contributed by atoms with van der Waals surface area (Å²) >= 11 is 0. The lowest BCUT2D eigenvalue weighted by Crippen LogP contribution is -2.56. The van der Waals surface area contributed by atoms with Gasteiger partial charge in [-0.3, -0.25) is 4.79 Å². The van der Waals surface area contributed by atoms with Gasteiger partial charge in [0.2, 0.25) is 5.91 Å². The Labute approximate surface area is 86.4 Å². The normalized spacial score (nSPS) is 33.3. The van der Waals surface area contributed by atoms with Crippen molar-refractivity contribution in [1.82, 2.24) is 5.32 Å². The maximum absolute atomic E-state index is 11.3. The van der Waals surface area contributed by atoms with E-state index in [1.165, 1.54) is 0 Å². The maximum Gasteiger partial charge on any atom is 0.237 e. The third kappa shape index (κ3) is 2.08. The topological polar surface area (TPSA) is 55.1 Å². The number of likely N-dealkylation sites (N-methyl/N-ethyl adjacent to an activating group) is 1. The fourth-order valence-corrected chi connectivity index (χ4v) is 2.42. The second kappa shape index (κ2) is 4.30. The standard InChI is InChI=1S/C11H22N2O/c1-8(2)9-4-6-11(13-3,7-5-9)10(12)14/h8-9,13H,4-7H2,1-3H3,(H2,12,14). The Balaban J connectivity index is 2.59. The van der Waals surface area contributed by atoms with Crippen LogP contribution in [-0.4, -0.2) is 18.5 Å². The van der Waals surface area contributed by atoms with Gasteiger partial charge < -0.3 is 11.1 Å². The van der Waals surface area contributed by atoms with Crippen molar-refractivity contribution in [3.05, 3.63) is 0 Å². The van der Waals surface area contributed by atoms with Gasteiger partial charge in [-0.25, -0.2) is 0 Å². The highest BCUT2D eigenvalue weighted by Crippen LogP contribution is 2.35. The van der Waals surface area contributed by atoms with Crippen LogP contribution in [-0.2, 0) is 4.79 Å². The van der Waals surface area contributed by atoms with Gasteiger partial charge in [-0.05, 0) is 44.6 Å². The zero-order valence-corrected chi connectivity index (χ0v) is 9.47. The fourth-order valence-electron chi connectivity index (χ4n) is 2.42. The third-order valence-corrected chi connectivity index (χ3v) is 3.78. The molecule has 82 valence electrons. The van der Waals surface area contributed by atoms with Gasteiger partial charge in [0, 0.05) is 0 Å². The van der Waals surface area contributed by atoms with Gasteiger partial charge in [0.15, 0.2) is 0 Å². The molecule has 0 aromatic rings. The molecule has 0 bridgehead atoms. The van der Waals surface area contributed by atoms with Crippen molar-refractivity contribution >= 4 is 5.91 Å². The second-order valence-corrected chi connectivity index (χ2v) is 4.78. The molecule has 0 spiro atoms. The number of primary amides is 1. The molecule has 14 heavy (non-hydrogen) atoms. The van der Waals surface area contributed by atoms with E-state index < -0.39 is 5.54 Å². The minimum atomic E-state index is -0.425. The molecule has 0 saturated heterocycles. The van der Waals surface area contributed by atoms with Crippen LogP contribution in [0.25, 0.3) is 0 Å². The van der Waals surface area contributed by atoms with Gasteiger partial charge in [0.25, 0.3) is 0 Å². The van der Waals surface area contributed by atoms with Crippen molar-refractivity contribution in [2.24, 2.45) is 17.6 Å². The molecule has 3 nitrogen and oxygen atoms in total. The number of nitrogens with two attached hydrogens (primary N) is 1. The summed E-state index contributed by atoms with van der Waals surface area (Å²) < 4.78 is 0. The molecule has 0 heterocycles. The van der Waals surface area contributed by atoms with E-state index in [9.17, 15) is 4.79 Å². The van der Waals surface area contributed by atoms with Crippen LogP contribution >= 0.6 is 0 Å². The van der Waals surface area contributed by atoms with Crippen LogP contribution in [0.15, 0.2) is 0 Å². The summed E-state index contributed by atoms with van der Waals surface area (Å²) in [5.41, 5.74) is 5.01. The van der Waals surface area contributed by atoms with Crippen molar-refractivity contribution in [2.75, 3.05) is 7.05 Å². The second-order valence-electron chi connectivity index (χ2n) is 4.78. The van der Waals surface area contributed by atoms with Crippen LogP contribution in [0.2, 0.25) is 0 Å². The quantitative estimate of drug-likeness (QED) is 0.717. The Kier molecular flexibility index (Phi) is 3.53. The summed E-state index contributed by atoms with van der Waals surface area (Å²) in [7, 11) is 1.83. The van der Waals surface area contributed by atoms with Crippen LogP contribution < -0.4 is 11.1 Å². The number of nitrogens with one attached hydrogen (secondary N) is 1. The van der Waals surface area contributed by atoms with E-state index >= 15 is 0 Å². The van der Waals surface area contributed by atoms with E-state index in [0.29, 0.717) is 0 Å². The van der Waals surface area contributed by atoms with E-state index in [1.54, 1.807) is 0 Å². The van der Waals surface area contributed by atoms with Gasteiger partial charge in [0.05, 0.1) is 5.54 Å². The zero-order valence-electron chi connectivity index (χ0n) is 9.47. The molecule has 1 aliphatic carbocycles. The number of hydrogen-bond acceptors (Lipinski definition) is 2. The first-order valence-electron chi connectivity index (χ1n) is 5.50. The van der Waals surface area contributed by atoms with E-state index in [0.717, 1.165) is 37.5 Å². The summed E-state index contributed by atoms with van der Waals surface area (Å²) in [5, 5.41) is 3.10. The van der Waals surface area contributed by atoms with Crippen LogP contribution in [0, 0.1) is 11.8 Å². The molecule has 0 aliphatic heterocycles. The van der Waals surface area contributed by atoms with Crippen molar-refractivity contribution in [1.29, 1.82) is 0 Å². The smallest absolute Gasteiger partial charge is 0.237 e. The van der Waals surface area contributed by atoms with Gasteiger partial charge >= 0.3 is 0 Å². The van der Waals surface area contributed by atoms with E-state index in [-0.39, 0.29) is 5.91 Å². The number of amides is 1. The largest absolute Gasteiger partial charge is 0.368 e. The van der Waals surface area contributed by atoms with Gasteiger partial charge in [0.1, 0.15) is 0 Å². The van der Waals surface area contributed by atoms with Crippen molar-refractivity contribution < 1.29 is 4.79 Å². The summed E-state index contributed by atoms with van der Waals surface area (Å²) in [6, 6.07) is 0. The fraction of sp³-hybridized carbons (Fsp3) is 0.909. The SMILES string of the molecule is CNC1(C(N)=O)CCC(C(C)C)CC1. The van der Waals surface area contributed by atoms with Crippen LogP contribution in [0.1, 0.15) is 39.5 Å². The van der Waals surface area contributed by atoms with E-state index in [1.807, 2.05) is 7.05 Å². The molecule has 1 aliphatic rings. The lowest BCUT2D eigenvalue weighted by molar-refractivity contribution is -0.126. The highest BCUT2D eigenvalue weighted by Gasteiger charge is 2.39. The van der Waals surface area contributed by atoms with Crippen molar-refractivity contribution in [3.8, 4) is 0 Å². The van der Waals surface area contributed by atoms with Crippen LogP contribution in [0.4, 0.5) is 0 Å². The number of rotatable bonds is 3. The molecule has 1 amide bonds. The molecule has 0 atom stereocenters. The van der Waals surface area contributed by atoms with Crippen LogP contribution in [0.3, 0.4) is 0 Å². The lowest BCUT2D eigenvalue weighted by atomic mass is 9.72. The van der Waals surface area contributed by atoms with E-state index in [2.05, 4.69) is 19.2 Å². The molecule has 0 aromatic heterocycles. The molecule has 1 fully saturated rings. The summed E-state index contributed by atoms with van der Waals surface area (Å²) in [5.74, 6) is 1.29. The Morgan fingerprint density at radius 1 is 1.43 bits per heavy atom. The van der Waals surface area contributed by atoms with Crippen molar-refractivity contribution in [3.63, 3.8) is 0 Å². The first-order valence-corrected chi connectivity index (χ1v) is 5.50. The Hall–Kier alpha value is -0.570. The molecular formula is C11H22N2O.